The molecule has 1 amide bonds. The Morgan fingerprint density at radius 2 is 1.95 bits per heavy atom. The number of amides is 1. The average Bonchev–Trinajstić information content (AvgIpc) is 2.45. The van der Waals surface area contributed by atoms with Crippen molar-refractivity contribution in [2.45, 2.75) is 13.3 Å². The van der Waals surface area contributed by atoms with E-state index in [2.05, 4.69) is 4.98 Å². The molecule has 104 valence electrons. The zero-order chi connectivity index (χ0) is 14.7. The quantitative estimate of drug-likeness (QED) is 0.808. The van der Waals surface area contributed by atoms with E-state index in [1.54, 1.807) is 25.2 Å². The zero-order valence-corrected chi connectivity index (χ0v) is 12.0. The van der Waals surface area contributed by atoms with Gasteiger partial charge in [-0.2, -0.15) is 0 Å². The van der Waals surface area contributed by atoms with Crippen LogP contribution >= 0.6 is 11.6 Å². The number of anilines is 1. The van der Waals surface area contributed by atoms with Gasteiger partial charge in [-0.3, -0.25) is 4.79 Å². The van der Waals surface area contributed by atoms with E-state index in [0.29, 0.717) is 22.8 Å². The van der Waals surface area contributed by atoms with E-state index in [4.69, 9.17) is 11.6 Å². The Labute approximate surface area is 122 Å². The molecular formula is C15H14ClFN2O. The summed E-state index contributed by atoms with van der Waals surface area (Å²) >= 11 is 5.91. The van der Waals surface area contributed by atoms with Gasteiger partial charge < -0.3 is 4.90 Å². The van der Waals surface area contributed by atoms with E-state index in [9.17, 15) is 9.18 Å². The minimum atomic E-state index is -0.338. The molecule has 2 rings (SSSR count). The summed E-state index contributed by atoms with van der Waals surface area (Å²) in [6, 6.07) is 8.98. The molecule has 0 radical (unpaired) electrons. The first-order valence-electron chi connectivity index (χ1n) is 6.21. The van der Waals surface area contributed by atoms with Crippen LogP contribution in [-0.4, -0.2) is 17.9 Å². The molecule has 0 saturated carbocycles. The van der Waals surface area contributed by atoms with E-state index < -0.39 is 0 Å². The number of rotatable bonds is 3. The molecule has 5 heteroatoms. The third kappa shape index (κ3) is 3.14. The van der Waals surface area contributed by atoms with E-state index >= 15 is 0 Å². The molecule has 20 heavy (non-hydrogen) atoms. The Kier molecular flexibility index (Phi) is 4.35. The Morgan fingerprint density at radius 3 is 2.55 bits per heavy atom. The number of aryl methyl sites for hydroxylation is 1. The van der Waals surface area contributed by atoms with Crippen molar-refractivity contribution in [2.75, 3.05) is 11.9 Å². The molecule has 3 nitrogen and oxygen atoms in total. The van der Waals surface area contributed by atoms with Crippen LogP contribution in [0, 0.1) is 5.82 Å². The van der Waals surface area contributed by atoms with Crippen molar-refractivity contribution in [3.63, 3.8) is 0 Å². The monoisotopic (exact) mass is 292 g/mol. The lowest BCUT2D eigenvalue weighted by Crippen LogP contribution is -2.26. The highest BCUT2D eigenvalue weighted by Gasteiger charge is 2.15. The van der Waals surface area contributed by atoms with Gasteiger partial charge in [0.15, 0.2) is 0 Å². The van der Waals surface area contributed by atoms with Crippen LogP contribution < -0.4 is 4.90 Å². The number of nitrogens with zero attached hydrogens (tertiary/aromatic N) is 2. The molecule has 0 spiro atoms. The van der Waals surface area contributed by atoms with Crippen LogP contribution in [0.15, 0.2) is 36.4 Å². The second-order valence-electron chi connectivity index (χ2n) is 4.36. The fourth-order valence-corrected chi connectivity index (χ4v) is 2.06. The first kappa shape index (κ1) is 14.5. The molecule has 2 aromatic rings. The summed E-state index contributed by atoms with van der Waals surface area (Å²) in [5.74, 6) is -0.551. The molecule has 0 bridgehead atoms. The lowest BCUT2D eigenvalue weighted by Gasteiger charge is -2.17. The molecule has 1 aromatic heterocycles. The Morgan fingerprint density at radius 1 is 1.30 bits per heavy atom. The normalized spacial score (nSPS) is 10.4. The van der Waals surface area contributed by atoms with E-state index in [0.717, 1.165) is 5.69 Å². The molecule has 0 fully saturated rings. The predicted molar refractivity (Wildman–Crippen MR) is 77.8 cm³/mol. The fraction of sp³-hybridized carbons (Fsp3) is 0.200. The highest BCUT2D eigenvalue weighted by atomic mass is 35.5. The Bertz CT molecular complexity index is 628. The van der Waals surface area contributed by atoms with Crippen LogP contribution in [0.2, 0.25) is 5.15 Å². The number of hydrogen-bond acceptors (Lipinski definition) is 2. The second-order valence-corrected chi connectivity index (χ2v) is 4.75. The maximum Gasteiger partial charge on any atom is 0.258 e. The van der Waals surface area contributed by atoms with Gasteiger partial charge in [0.25, 0.3) is 5.91 Å². The third-order valence-electron chi connectivity index (χ3n) is 2.97. The van der Waals surface area contributed by atoms with Crippen LogP contribution in [0.4, 0.5) is 10.1 Å². The summed E-state index contributed by atoms with van der Waals surface area (Å²) in [5.41, 5.74) is 1.84. The van der Waals surface area contributed by atoms with Crippen LogP contribution in [0.25, 0.3) is 0 Å². The molecule has 0 aliphatic carbocycles. The van der Waals surface area contributed by atoms with Crippen molar-refractivity contribution in [1.29, 1.82) is 0 Å². The number of halogens is 2. The predicted octanol–water partition coefficient (Wildman–Crippen LogP) is 3.71. The van der Waals surface area contributed by atoms with Gasteiger partial charge in [0.05, 0.1) is 0 Å². The summed E-state index contributed by atoms with van der Waals surface area (Å²) < 4.78 is 12.9. The van der Waals surface area contributed by atoms with Crippen molar-refractivity contribution in [3.8, 4) is 0 Å². The first-order chi connectivity index (χ1) is 9.51. The van der Waals surface area contributed by atoms with Crippen molar-refractivity contribution < 1.29 is 9.18 Å². The van der Waals surface area contributed by atoms with E-state index in [1.165, 1.54) is 23.1 Å². The highest BCUT2D eigenvalue weighted by Crippen LogP contribution is 2.18. The number of carbonyl (C=O) groups excluding carboxylic acids is 1. The summed E-state index contributed by atoms with van der Waals surface area (Å²) in [4.78, 5) is 18.0. The molecule has 1 aromatic carbocycles. The number of pyridine rings is 1. The average molecular weight is 293 g/mol. The molecule has 0 saturated heterocycles. The highest BCUT2D eigenvalue weighted by molar-refractivity contribution is 6.29. The maximum absolute atomic E-state index is 12.9. The molecule has 0 aliphatic heterocycles. The smallest absolute Gasteiger partial charge is 0.258 e. The van der Waals surface area contributed by atoms with Gasteiger partial charge in [-0.1, -0.05) is 18.5 Å². The standard InChI is InChI=1S/C15H14ClFN2O/c1-3-12-8-10(9-14(16)18-12)15(20)19(2)13-6-4-11(17)5-7-13/h4-9H,3H2,1-2H3. The largest absolute Gasteiger partial charge is 0.311 e. The molecule has 0 N–H and O–H groups in total. The summed E-state index contributed by atoms with van der Waals surface area (Å²) in [7, 11) is 1.63. The molecule has 1 heterocycles. The Hall–Kier alpha value is -1.94. The maximum atomic E-state index is 12.9. The fourth-order valence-electron chi connectivity index (χ4n) is 1.83. The lowest BCUT2D eigenvalue weighted by atomic mass is 10.1. The van der Waals surface area contributed by atoms with Gasteiger partial charge in [-0.05, 0) is 42.8 Å². The number of benzene rings is 1. The van der Waals surface area contributed by atoms with Crippen molar-refractivity contribution in [3.05, 3.63) is 58.6 Å². The summed E-state index contributed by atoms with van der Waals surface area (Å²) in [5, 5.41) is 0.292. The van der Waals surface area contributed by atoms with Gasteiger partial charge >= 0.3 is 0 Å². The van der Waals surface area contributed by atoms with Crippen molar-refractivity contribution >= 4 is 23.2 Å². The van der Waals surface area contributed by atoms with Gasteiger partial charge in [-0.15, -0.1) is 0 Å². The minimum absolute atomic E-state index is 0.212. The second kappa shape index (κ2) is 6.01. The van der Waals surface area contributed by atoms with Gasteiger partial charge in [0, 0.05) is 24.0 Å². The van der Waals surface area contributed by atoms with Crippen LogP contribution in [0.1, 0.15) is 23.0 Å². The van der Waals surface area contributed by atoms with Gasteiger partial charge in [-0.25, -0.2) is 9.37 Å². The zero-order valence-electron chi connectivity index (χ0n) is 11.2. The van der Waals surface area contributed by atoms with Crippen molar-refractivity contribution in [2.24, 2.45) is 0 Å². The van der Waals surface area contributed by atoms with E-state index in [-0.39, 0.29) is 11.7 Å². The molecule has 0 unspecified atom stereocenters. The molecule has 0 atom stereocenters. The lowest BCUT2D eigenvalue weighted by molar-refractivity contribution is 0.0992. The number of hydrogen-bond donors (Lipinski definition) is 0. The molecule has 0 aliphatic rings. The third-order valence-corrected chi connectivity index (χ3v) is 3.17. The summed E-state index contributed by atoms with van der Waals surface area (Å²) in [6.07, 6.45) is 0.696. The minimum Gasteiger partial charge on any atom is -0.311 e. The van der Waals surface area contributed by atoms with E-state index in [1.807, 2.05) is 6.92 Å². The SMILES string of the molecule is CCc1cc(C(=O)N(C)c2ccc(F)cc2)cc(Cl)n1. The van der Waals surface area contributed by atoms with Crippen LogP contribution in [0.3, 0.4) is 0 Å². The van der Waals surface area contributed by atoms with Crippen LogP contribution in [0.5, 0.6) is 0 Å². The number of aromatic nitrogens is 1. The topological polar surface area (TPSA) is 33.2 Å². The van der Waals surface area contributed by atoms with Gasteiger partial charge in [0.2, 0.25) is 0 Å². The number of carbonyl (C=O) groups is 1. The Balaban J connectivity index is 2.30. The first-order valence-corrected chi connectivity index (χ1v) is 6.59. The van der Waals surface area contributed by atoms with Gasteiger partial charge in [0.1, 0.15) is 11.0 Å². The summed E-state index contributed by atoms with van der Waals surface area (Å²) in [6.45, 7) is 1.94. The van der Waals surface area contributed by atoms with Crippen molar-refractivity contribution in [1.82, 2.24) is 4.98 Å². The van der Waals surface area contributed by atoms with Crippen LogP contribution in [-0.2, 0) is 6.42 Å². The molecular weight excluding hydrogens is 279 g/mol.